The first-order valence-electron chi connectivity index (χ1n) is 7.38. The SMILES string of the molecule is COc1ccc(NC(C)=O)cc1CCNC(=O)c1ccccc1. The van der Waals surface area contributed by atoms with E-state index in [1.165, 1.54) is 6.92 Å². The molecule has 23 heavy (non-hydrogen) atoms. The smallest absolute Gasteiger partial charge is 0.251 e. The van der Waals surface area contributed by atoms with Gasteiger partial charge in [-0.15, -0.1) is 0 Å². The molecule has 5 nitrogen and oxygen atoms in total. The second kappa shape index (κ2) is 7.98. The Morgan fingerprint density at radius 2 is 1.83 bits per heavy atom. The second-order valence-corrected chi connectivity index (χ2v) is 5.08. The molecule has 0 spiro atoms. The monoisotopic (exact) mass is 312 g/mol. The minimum absolute atomic E-state index is 0.109. The number of methoxy groups -OCH3 is 1. The van der Waals surface area contributed by atoms with Crippen LogP contribution in [0.4, 0.5) is 5.69 Å². The molecule has 0 unspecified atom stereocenters. The zero-order valence-electron chi connectivity index (χ0n) is 13.3. The van der Waals surface area contributed by atoms with E-state index in [1.54, 1.807) is 31.4 Å². The minimum atomic E-state index is -0.126. The molecule has 120 valence electrons. The highest BCUT2D eigenvalue weighted by Gasteiger charge is 2.08. The Morgan fingerprint density at radius 1 is 1.09 bits per heavy atom. The summed E-state index contributed by atoms with van der Waals surface area (Å²) < 4.78 is 5.32. The van der Waals surface area contributed by atoms with Crippen LogP contribution >= 0.6 is 0 Å². The third-order valence-electron chi connectivity index (χ3n) is 3.32. The van der Waals surface area contributed by atoms with Crippen LogP contribution in [0.3, 0.4) is 0 Å². The highest BCUT2D eigenvalue weighted by molar-refractivity contribution is 5.94. The van der Waals surface area contributed by atoms with Crippen molar-refractivity contribution in [2.45, 2.75) is 13.3 Å². The molecule has 2 aromatic carbocycles. The summed E-state index contributed by atoms with van der Waals surface area (Å²) in [6.45, 7) is 1.94. The van der Waals surface area contributed by atoms with Gasteiger partial charge < -0.3 is 15.4 Å². The number of carbonyl (C=O) groups is 2. The molecule has 0 saturated carbocycles. The van der Waals surface area contributed by atoms with E-state index >= 15 is 0 Å². The number of ether oxygens (including phenoxy) is 1. The van der Waals surface area contributed by atoms with Crippen LogP contribution < -0.4 is 15.4 Å². The molecule has 0 aromatic heterocycles. The lowest BCUT2D eigenvalue weighted by atomic mass is 10.1. The Labute approximate surface area is 135 Å². The predicted octanol–water partition coefficient (Wildman–Crippen LogP) is 2.63. The molecular weight excluding hydrogens is 292 g/mol. The van der Waals surface area contributed by atoms with E-state index in [1.807, 2.05) is 24.3 Å². The average molecular weight is 312 g/mol. The number of amides is 2. The van der Waals surface area contributed by atoms with Crippen LogP contribution in [0.1, 0.15) is 22.8 Å². The first-order valence-corrected chi connectivity index (χ1v) is 7.38. The van der Waals surface area contributed by atoms with Crippen molar-refractivity contribution >= 4 is 17.5 Å². The molecule has 0 radical (unpaired) electrons. The molecule has 0 atom stereocenters. The van der Waals surface area contributed by atoms with E-state index in [-0.39, 0.29) is 11.8 Å². The summed E-state index contributed by atoms with van der Waals surface area (Å²) in [5, 5.41) is 5.62. The van der Waals surface area contributed by atoms with E-state index in [9.17, 15) is 9.59 Å². The Bertz CT molecular complexity index is 684. The Morgan fingerprint density at radius 3 is 2.48 bits per heavy atom. The summed E-state index contributed by atoms with van der Waals surface area (Å²) in [5.41, 5.74) is 2.27. The molecule has 0 bridgehead atoms. The van der Waals surface area contributed by atoms with Gasteiger partial charge in [0.2, 0.25) is 5.91 Å². The zero-order chi connectivity index (χ0) is 16.7. The Kier molecular flexibility index (Phi) is 5.74. The third-order valence-corrected chi connectivity index (χ3v) is 3.32. The minimum Gasteiger partial charge on any atom is -0.496 e. The topological polar surface area (TPSA) is 67.4 Å². The first kappa shape index (κ1) is 16.5. The molecule has 0 aliphatic heterocycles. The van der Waals surface area contributed by atoms with Crippen LogP contribution in [0.25, 0.3) is 0 Å². The number of rotatable bonds is 6. The van der Waals surface area contributed by atoms with E-state index in [0.29, 0.717) is 24.2 Å². The van der Waals surface area contributed by atoms with Crippen molar-refractivity contribution < 1.29 is 14.3 Å². The van der Waals surface area contributed by atoms with Crippen LogP contribution in [0.15, 0.2) is 48.5 Å². The fourth-order valence-electron chi connectivity index (χ4n) is 2.26. The number of carbonyl (C=O) groups excluding carboxylic acids is 2. The average Bonchev–Trinajstić information content (AvgIpc) is 2.55. The molecule has 0 heterocycles. The van der Waals surface area contributed by atoms with Crippen molar-refractivity contribution in [2.24, 2.45) is 0 Å². The van der Waals surface area contributed by atoms with Crippen molar-refractivity contribution in [1.29, 1.82) is 0 Å². The largest absolute Gasteiger partial charge is 0.496 e. The standard InChI is InChI=1S/C18H20N2O3/c1-13(21)20-16-8-9-17(23-2)15(12-16)10-11-19-18(22)14-6-4-3-5-7-14/h3-9,12H,10-11H2,1-2H3,(H,19,22)(H,20,21). The Hall–Kier alpha value is -2.82. The van der Waals surface area contributed by atoms with Crippen LogP contribution in [0.5, 0.6) is 5.75 Å². The lowest BCUT2D eigenvalue weighted by Gasteiger charge is -2.12. The van der Waals surface area contributed by atoms with Crippen LogP contribution in [0.2, 0.25) is 0 Å². The van der Waals surface area contributed by atoms with Crippen molar-refractivity contribution in [3.05, 3.63) is 59.7 Å². The summed E-state index contributed by atoms with van der Waals surface area (Å²) in [6, 6.07) is 14.5. The number of benzene rings is 2. The van der Waals surface area contributed by atoms with E-state index in [2.05, 4.69) is 10.6 Å². The van der Waals surface area contributed by atoms with Crippen LogP contribution in [-0.2, 0) is 11.2 Å². The summed E-state index contributed by atoms with van der Waals surface area (Å²) in [4.78, 5) is 23.1. The first-order chi connectivity index (χ1) is 11.1. The number of anilines is 1. The lowest BCUT2D eigenvalue weighted by Crippen LogP contribution is -2.25. The van der Waals surface area contributed by atoms with Gasteiger partial charge in [-0.1, -0.05) is 18.2 Å². The van der Waals surface area contributed by atoms with Gasteiger partial charge in [-0.3, -0.25) is 9.59 Å². The van der Waals surface area contributed by atoms with Gasteiger partial charge in [0.05, 0.1) is 7.11 Å². The maximum Gasteiger partial charge on any atom is 0.251 e. The molecule has 0 saturated heterocycles. The normalized spacial score (nSPS) is 10.0. The molecule has 5 heteroatoms. The van der Waals surface area contributed by atoms with Gasteiger partial charge in [0.25, 0.3) is 5.91 Å². The second-order valence-electron chi connectivity index (χ2n) is 5.08. The molecule has 0 fully saturated rings. The number of hydrogen-bond donors (Lipinski definition) is 2. The molecule has 2 amide bonds. The predicted molar refractivity (Wildman–Crippen MR) is 89.8 cm³/mol. The van der Waals surface area contributed by atoms with Crippen molar-refractivity contribution in [3.8, 4) is 5.75 Å². The third kappa shape index (κ3) is 4.85. The highest BCUT2D eigenvalue weighted by Crippen LogP contribution is 2.23. The maximum absolute atomic E-state index is 12.0. The molecular formula is C18H20N2O3. The fourth-order valence-corrected chi connectivity index (χ4v) is 2.26. The molecule has 2 N–H and O–H groups in total. The van der Waals surface area contributed by atoms with Gasteiger partial charge in [-0.2, -0.15) is 0 Å². The lowest BCUT2D eigenvalue weighted by molar-refractivity contribution is -0.114. The maximum atomic E-state index is 12.0. The summed E-state index contributed by atoms with van der Waals surface area (Å²) in [7, 11) is 1.60. The van der Waals surface area contributed by atoms with Crippen LogP contribution in [0, 0.1) is 0 Å². The highest BCUT2D eigenvalue weighted by atomic mass is 16.5. The van der Waals surface area contributed by atoms with Gasteiger partial charge in [0, 0.05) is 24.7 Å². The molecule has 2 aromatic rings. The number of hydrogen-bond acceptors (Lipinski definition) is 3. The van der Waals surface area contributed by atoms with Gasteiger partial charge in [-0.25, -0.2) is 0 Å². The van der Waals surface area contributed by atoms with E-state index in [0.717, 1.165) is 11.3 Å². The van der Waals surface area contributed by atoms with Gasteiger partial charge in [0.1, 0.15) is 5.75 Å². The molecule has 0 aliphatic rings. The fraction of sp³-hybridized carbons (Fsp3) is 0.222. The summed E-state index contributed by atoms with van der Waals surface area (Å²) >= 11 is 0. The van der Waals surface area contributed by atoms with Crippen molar-refractivity contribution in [3.63, 3.8) is 0 Å². The zero-order valence-corrected chi connectivity index (χ0v) is 13.3. The van der Waals surface area contributed by atoms with Crippen molar-refractivity contribution in [1.82, 2.24) is 5.32 Å². The quantitative estimate of drug-likeness (QED) is 0.861. The summed E-state index contributed by atoms with van der Waals surface area (Å²) in [5.74, 6) is 0.495. The molecule has 2 rings (SSSR count). The van der Waals surface area contributed by atoms with Gasteiger partial charge in [-0.05, 0) is 42.3 Å². The summed E-state index contributed by atoms with van der Waals surface area (Å²) in [6.07, 6.45) is 0.606. The van der Waals surface area contributed by atoms with Crippen molar-refractivity contribution in [2.75, 3.05) is 19.0 Å². The molecule has 0 aliphatic carbocycles. The van der Waals surface area contributed by atoms with Gasteiger partial charge in [0.15, 0.2) is 0 Å². The van der Waals surface area contributed by atoms with Gasteiger partial charge >= 0.3 is 0 Å². The Balaban J connectivity index is 1.99. The number of nitrogens with one attached hydrogen (secondary N) is 2. The van der Waals surface area contributed by atoms with Crippen LogP contribution in [-0.4, -0.2) is 25.5 Å². The van der Waals surface area contributed by atoms with E-state index < -0.39 is 0 Å². The van der Waals surface area contributed by atoms with E-state index in [4.69, 9.17) is 4.74 Å².